The second kappa shape index (κ2) is 10.1. The van der Waals surface area contributed by atoms with Crippen molar-refractivity contribution < 1.29 is 23.8 Å². The van der Waals surface area contributed by atoms with Crippen LogP contribution in [-0.2, 0) is 9.53 Å². The second-order valence-corrected chi connectivity index (χ2v) is 9.73. The molecule has 0 saturated heterocycles. The third kappa shape index (κ3) is 4.41. The molecule has 3 heterocycles. The van der Waals surface area contributed by atoms with Gasteiger partial charge in [-0.3, -0.25) is 9.36 Å². The number of hydrogen-bond donors (Lipinski definition) is 1. The van der Waals surface area contributed by atoms with E-state index in [0.717, 1.165) is 5.56 Å². The van der Waals surface area contributed by atoms with E-state index < -0.39 is 18.0 Å². The quantitative estimate of drug-likeness (QED) is 0.378. The summed E-state index contributed by atoms with van der Waals surface area (Å²) in [6.07, 6.45) is 1.61. The molecule has 1 atom stereocenters. The maximum Gasteiger partial charge on any atom is 0.338 e. The zero-order valence-corrected chi connectivity index (χ0v) is 21.7. The molecule has 38 heavy (non-hydrogen) atoms. The van der Waals surface area contributed by atoms with E-state index in [9.17, 15) is 19.5 Å². The molecule has 1 N–H and O–H groups in total. The maximum absolute atomic E-state index is 13.7. The van der Waals surface area contributed by atoms with Crippen LogP contribution in [0.2, 0.25) is 0 Å². The van der Waals surface area contributed by atoms with Crippen LogP contribution in [0.5, 0.6) is 0 Å². The van der Waals surface area contributed by atoms with Gasteiger partial charge in [0.2, 0.25) is 0 Å². The summed E-state index contributed by atoms with van der Waals surface area (Å²) in [6.45, 7) is 5.40. The molecule has 0 spiro atoms. The number of hydrogen-bond acceptors (Lipinski definition) is 7. The predicted octanol–water partition coefficient (Wildman–Crippen LogP) is 4.06. The minimum Gasteiger partial charge on any atom is -0.478 e. The van der Waals surface area contributed by atoms with E-state index >= 15 is 0 Å². The number of allylic oxidation sites excluding steroid dienone is 1. The van der Waals surface area contributed by atoms with Gasteiger partial charge in [0.1, 0.15) is 11.5 Å². The van der Waals surface area contributed by atoms with Crippen LogP contribution in [-0.4, -0.2) is 28.2 Å². The van der Waals surface area contributed by atoms with Crippen molar-refractivity contribution in [3.05, 3.63) is 114 Å². The number of nitrogens with zero attached hydrogens (tertiary/aromatic N) is 2. The third-order valence-corrected chi connectivity index (χ3v) is 7.27. The first kappa shape index (κ1) is 25.2. The first-order chi connectivity index (χ1) is 18.3. The molecule has 1 aliphatic heterocycles. The summed E-state index contributed by atoms with van der Waals surface area (Å²) >= 11 is 1.19. The zero-order valence-electron chi connectivity index (χ0n) is 20.9. The topological polar surface area (TPSA) is 111 Å². The highest BCUT2D eigenvalue weighted by molar-refractivity contribution is 7.07. The Morgan fingerprint density at radius 3 is 2.58 bits per heavy atom. The van der Waals surface area contributed by atoms with Gasteiger partial charge < -0.3 is 14.3 Å². The molecule has 9 heteroatoms. The van der Waals surface area contributed by atoms with Crippen molar-refractivity contribution in [3.63, 3.8) is 0 Å². The lowest BCUT2D eigenvalue weighted by molar-refractivity contribution is -0.139. The standard InChI is InChI=1S/C29H24N2O6S/c1-4-36-28(35)24-17(3)30-29-31(25(24)18-10-6-5-7-11-18)26(32)22(38-29)15-19-13-14-21(37-19)20-12-8-9-16(2)23(20)27(33)34/h5-15,25H,4H2,1-3H3,(H,33,34)/b22-15+. The number of aryl methyl sites for hydroxylation is 1. The number of esters is 1. The summed E-state index contributed by atoms with van der Waals surface area (Å²) in [5.41, 5.74) is 2.49. The summed E-state index contributed by atoms with van der Waals surface area (Å²) in [6, 6.07) is 17.2. The fourth-order valence-corrected chi connectivity index (χ4v) is 5.63. The van der Waals surface area contributed by atoms with Gasteiger partial charge in [0, 0.05) is 11.6 Å². The Balaban J connectivity index is 1.64. The minimum atomic E-state index is -1.04. The Kier molecular flexibility index (Phi) is 6.69. The number of thiazole rings is 1. The Morgan fingerprint density at radius 2 is 1.87 bits per heavy atom. The molecule has 4 aromatic rings. The van der Waals surface area contributed by atoms with Crippen molar-refractivity contribution in [1.82, 2.24) is 4.57 Å². The van der Waals surface area contributed by atoms with Crippen molar-refractivity contribution in [3.8, 4) is 11.3 Å². The highest BCUT2D eigenvalue weighted by atomic mass is 32.1. The lowest BCUT2D eigenvalue weighted by Gasteiger charge is -2.24. The van der Waals surface area contributed by atoms with Gasteiger partial charge in [-0.2, -0.15) is 0 Å². The van der Waals surface area contributed by atoms with Crippen molar-refractivity contribution in [2.45, 2.75) is 26.8 Å². The minimum absolute atomic E-state index is 0.164. The number of benzene rings is 2. The molecule has 0 saturated carbocycles. The van der Waals surface area contributed by atoms with Crippen LogP contribution in [0.3, 0.4) is 0 Å². The van der Waals surface area contributed by atoms with Crippen LogP contribution >= 0.6 is 11.3 Å². The molecule has 0 radical (unpaired) electrons. The molecule has 0 bridgehead atoms. The van der Waals surface area contributed by atoms with E-state index in [1.54, 1.807) is 57.2 Å². The van der Waals surface area contributed by atoms with Crippen LogP contribution in [0.15, 0.2) is 86.1 Å². The van der Waals surface area contributed by atoms with Gasteiger partial charge >= 0.3 is 11.9 Å². The van der Waals surface area contributed by atoms with Crippen molar-refractivity contribution in [2.75, 3.05) is 6.61 Å². The molecule has 5 rings (SSSR count). The largest absolute Gasteiger partial charge is 0.478 e. The second-order valence-electron chi connectivity index (χ2n) is 8.72. The number of fused-ring (bicyclic) bond motifs is 1. The van der Waals surface area contributed by atoms with E-state index in [-0.39, 0.29) is 17.7 Å². The number of furan rings is 1. The number of carboxylic acids is 1. The average molecular weight is 529 g/mol. The van der Waals surface area contributed by atoms with Gasteiger partial charge in [-0.15, -0.1) is 0 Å². The van der Waals surface area contributed by atoms with Gasteiger partial charge in [0.15, 0.2) is 4.80 Å². The van der Waals surface area contributed by atoms with E-state index in [2.05, 4.69) is 4.99 Å². The molecule has 0 aliphatic carbocycles. The summed E-state index contributed by atoms with van der Waals surface area (Å²) in [4.78, 5) is 43.5. The normalized spacial score (nSPS) is 15.2. The van der Waals surface area contributed by atoms with Crippen LogP contribution in [0.25, 0.3) is 17.4 Å². The molecular formula is C29H24N2O6S. The molecule has 1 unspecified atom stereocenters. The Bertz CT molecular complexity index is 1780. The lowest BCUT2D eigenvalue weighted by Crippen LogP contribution is -2.39. The fraction of sp³-hybridized carbons (Fsp3) is 0.172. The van der Waals surface area contributed by atoms with Crippen molar-refractivity contribution in [2.24, 2.45) is 4.99 Å². The average Bonchev–Trinajstić information content (AvgIpc) is 3.48. The van der Waals surface area contributed by atoms with Crippen molar-refractivity contribution >= 4 is 29.4 Å². The molecule has 2 aromatic carbocycles. The van der Waals surface area contributed by atoms with Gasteiger partial charge in [0.25, 0.3) is 5.56 Å². The maximum atomic E-state index is 13.7. The summed E-state index contributed by atoms with van der Waals surface area (Å²) in [5, 5.41) is 9.67. The van der Waals surface area contributed by atoms with Crippen LogP contribution in [0.1, 0.15) is 47.1 Å². The van der Waals surface area contributed by atoms with E-state index in [1.165, 1.54) is 15.9 Å². The summed E-state index contributed by atoms with van der Waals surface area (Å²) in [5.74, 6) is -0.786. The zero-order chi connectivity index (χ0) is 27.0. The van der Waals surface area contributed by atoms with Gasteiger partial charge in [0.05, 0.1) is 34.0 Å². The van der Waals surface area contributed by atoms with E-state index in [0.29, 0.717) is 43.3 Å². The van der Waals surface area contributed by atoms with Gasteiger partial charge in [-0.25, -0.2) is 14.6 Å². The molecule has 8 nitrogen and oxygen atoms in total. The lowest BCUT2D eigenvalue weighted by atomic mass is 9.96. The van der Waals surface area contributed by atoms with E-state index in [4.69, 9.17) is 9.15 Å². The molecule has 2 aromatic heterocycles. The number of rotatable bonds is 6. The smallest absolute Gasteiger partial charge is 0.338 e. The van der Waals surface area contributed by atoms with Crippen molar-refractivity contribution in [1.29, 1.82) is 0 Å². The highest BCUT2D eigenvalue weighted by Crippen LogP contribution is 2.31. The molecule has 1 aliphatic rings. The number of aromatic carboxylic acids is 1. The first-order valence-electron chi connectivity index (χ1n) is 12.0. The molecule has 0 fully saturated rings. The van der Waals surface area contributed by atoms with Crippen LogP contribution in [0.4, 0.5) is 0 Å². The Labute approximate surface area is 221 Å². The first-order valence-corrected chi connectivity index (χ1v) is 12.8. The molecular weight excluding hydrogens is 504 g/mol. The van der Waals surface area contributed by atoms with E-state index in [1.807, 2.05) is 30.3 Å². The Hall–Kier alpha value is -4.50. The predicted molar refractivity (Wildman–Crippen MR) is 143 cm³/mol. The molecule has 0 amide bonds. The van der Waals surface area contributed by atoms with Gasteiger partial charge in [-0.1, -0.05) is 59.9 Å². The number of carbonyl (C=O) groups excluding carboxylic acids is 1. The number of ether oxygens (including phenoxy) is 1. The Morgan fingerprint density at radius 1 is 1.11 bits per heavy atom. The molecule has 192 valence electrons. The number of carboxylic acid groups (broad SMARTS) is 1. The summed E-state index contributed by atoms with van der Waals surface area (Å²) < 4.78 is 13.1. The number of carbonyl (C=O) groups is 2. The highest BCUT2D eigenvalue weighted by Gasteiger charge is 2.33. The van der Waals surface area contributed by atoms with Gasteiger partial charge in [-0.05, 0) is 44.0 Å². The third-order valence-electron chi connectivity index (χ3n) is 6.28. The van der Waals surface area contributed by atoms with Crippen LogP contribution < -0.4 is 14.9 Å². The number of aromatic nitrogens is 1. The fourth-order valence-electron chi connectivity index (χ4n) is 4.60. The monoisotopic (exact) mass is 528 g/mol. The SMILES string of the molecule is CCOC(=O)C1=C(C)N=c2s/c(=C/c3ccc(-c4cccc(C)c4C(=O)O)o3)c(=O)n2C1c1ccccc1. The summed E-state index contributed by atoms with van der Waals surface area (Å²) in [7, 11) is 0. The van der Waals surface area contributed by atoms with Crippen LogP contribution in [0, 0.1) is 6.92 Å².